The highest BCUT2D eigenvalue weighted by Gasteiger charge is 2.28. The van der Waals surface area contributed by atoms with Crippen molar-refractivity contribution in [3.63, 3.8) is 0 Å². The summed E-state index contributed by atoms with van der Waals surface area (Å²) in [6.45, 7) is 10.6. The average molecular weight is 435 g/mol. The zero-order valence-electron chi connectivity index (χ0n) is 17.9. The minimum Gasteiger partial charge on any atom is -0.444 e. The molecule has 0 atom stereocenters. The molecule has 0 saturated carbocycles. The maximum absolute atomic E-state index is 12.9. The Morgan fingerprint density at radius 2 is 1.70 bits per heavy atom. The minimum atomic E-state index is -3.48. The van der Waals surface area contributed by atoms with Crippen molar-refractivity contribution in [2.45, 2.75) is 25.3 Å². The zero-order chi connectivity index (χ0) is 21.3. The average Bonchev–Trinajstić information content (AvgIpc) is 3.06. The topological polar surface area (TPSA) is 86.0 Å². The normalized spacial score (nSPS) is 20.0. The molecule has 2 saturated heterocycles. The first-order valence-electron chi connectivity index (χ1n) is 10.4. The lowest BCUT2D eigenvalue weighted by molar-refractivity contribution is 0.222. The van der Waals surface area contributed by atoms with Gasteiger partial charge in [-0.2, -0.15) is 4.31 Å². The van der Waals surface area contributed by atoms with Gasteiger partial charge in [0.2, 0.25) is 15.9 Å². The molecule has 2 fully saturated rings. The van der Waals surface area contributed by atoms with E-state index in [0.29, 0.717) is 19.6 Å². The van der Waals surface area contributed by atoms with Crippen LogP contribution in [0.5, 0.6) is 0 Å². The summed E-state index contributed by atoms with van der Waals surface area (Å²) in [5, 5.41) is 0. The van der Waals surface area contributed by atoms with E-state index in [-0.39, 0.29) is 4.90 Å². The van der Waals surface area contributed by atoms with Crippen LogP contribution in [0, 0.1) is 13.8 Å². The van der Waals surface area contributed by atoms with Gasteiger partial charge in [-0.1, -0.05) is 0 Å². The minimum absolute atomic E-state index is 0.268. The molecule has 0 aliphatic carbocycles. The van der Waals surface area contributed by atoms with Crippen LogP contribution in [-0.2, 0) is 16.6 Å². The lowest BCUT2D eigenvalue weighted by Crippen LogP contribution is -2.47. The zero-order valence-corrected chi connectivity index (χ0v) is 18.7. The Balaban J connectivity index is 1.34. The molecule has 2 aliphatic heterocycles. The summed E-state index contributed by atoms with van der Waals surface area (Å²) in [6, 6.07) is 3.50. The Bertz CT molecular complexity index is 939. The first-order valence-corrected chi connectivity index (χ1v) is 11.8. The maximum Gasteiger partial charge on any atom is 0.244 e. The Morgan fingerprint density at radius 3 is 2.27 bits per heavy atom. The standard InChI is InChI=1S/C20H30N6O3S/c1-16-17(2)29-20(22-16)15-24-8-10-25(11-9-24)19-5-4-18(14-21-19)30(27,28)26-12-6-23(3)7-13-26/h4-5,14H,6-13,15H2,1-3H3. The molecule has 4 heterocycles. The van der Waals surface area contributed by atoms with Crippen LogP contribution in [-0.4, -0.2) is 91.9 Å². The van der Waals surface area contributed by atoms with Crippen LogP contribution in [0.15, 0.2) is 27.6 Å². The molecule has 0 amide bonds. The second-order valence-corrected chi connectivity index (χ2v) is 10.0. The molecule has 0 radical (unpaired) electrons. The number of nitrogens with zero attached hydrogens (tertiary/aromatic N) is 6. The van der Waals surface area contributed by atoms with Gasteiger partial charge in [0.15, 0.2) is 0 Å². The van der Waals surface area contributed by atoms with Crippen molar-refractivity contribution >= 4 is 15.8 Å². The smallest absolute Gasteiger partial charge is 0.244 e. The van der Waals surface area contributed by atoms with E-state index in [1.165, 1.54) is 6.20 Å². The van der Waals surface area contributed by atoms with Crippen molar-refractivity contribution < 1.29 is 12.8 Å². The van der Waals surface area contributed by atoms with E-state index >= 15 is 0 Å². The molecule has 0 aromatic carbocycles. The number of sulfonamides is 1. The number of likely N-dealkylation sites (N-methyl/N-ethyl adjacent to an activating group) is 1. The van der Waals surface area contributed by atoms with E-state index in [1.807, 2.05) is 27.0 Å². The molecule has 2 aliphatic rings. The van der Waals surface area contributed by atoms with Gasteiger partial charge in [-0.25, -0.2) is 18.4 Å². The fourth-order valence-electron chi connectivity index (χ4n) is 3.82. The highest BCUT2D eigenvalue weighted by Crippen LogP contribution is 2.21. The highest BCUT2D eigenvalue weighted by atomic mass is 32.2. The summed E-state index contributed by atoms with van der Waals surface area (Å²) in [5.74, 6) is 2.45. The SMILES string of the molecule is Cc1nc(CN2CCN(c3ccc(S(=O)(=O)N4CCN(C)CC4)cn3)CC2)oc1C. The molecule has 2 aromatic rings. The van der Waals surface area contributed by atoms with Gasteiger partial charge in [0.1, 0.15) is 16.5 Å². The molecule has 0 N–H and O–H groups in total. The van der Waals surface area contributed by atoms with Crippen LogP contribution in [0.25, 0.3) is 0 Å². The van der Waals surface area contributed by atoms with Gasteiger partial charge >= 0.3 is 0 Å². The third-order valence-electron chi connectivity index (χ3n) is 5.95. The number of anilines is 1. The van der Waals surface area contributed by atoms with E-state index in [2.05, 4.69) is 24.7 Å². The van der Waals surface area contributed by atoms with Gasteiger partial charge in [0.05, 0.1) is 12.2 Å². The quantitative estimate of drug-likeness (QED) is 0.688. The Labute approximate surface area is 178 Å². The highest BCUT2D eigenvalue weighted by molar-refractivity contribution is 7.89. The molecule has 30 heavy (non-hydrogen) atoms. The fourth-order valence-corrected chi connectivity index (χ4v) is 5.19. The number of hydrogen-bond donors (Lipinski definition) is 0. The van der Waals surface area contributed by atoms with Gasteiger partial charge < -0.3 is 14.2 Å². The summed E-state index contributed by atoms with van der Waals surface area (Å²) in [4.78, 5) is 15.8. The maximum atomic E-state index is 12.9. The summed E-state index contributed by atoms with van der Waals surface area (Å²) in [5.41, 5.74) is 0.944. The van der Waals surface area contributed by atoms with Crippen molar-refractivity contribution in [2.75, 3.05) is 64.3 Å². The van der Waals surface area contributed by atoms with Gasteiger partial charge in [0, 0.05) is 58.6 Å². The Kier molecular flexibility index (Phi) is 6.10. The lowest BCUT2D eigenvalue weighted by Gasteiger charge is -2.35. The van der Waals surface area contributed by atoms with Crippen LogP contribution in [0.4, 0.5) is 5.82 Å². The predicted octanol–water partition coefficient (Wildman–Crippen LogP) is 0.945. The van der Waals surface area contributed by atoms with E-state index in [9.17, 15) is 8.42 Å². The van der Waals surface area contributed by atoms with Crippen molar-refractivity contribution in [1.82, 2.24) is 24.1 Å². The number of aromatic nitrogens is 2. The summed E-state index contributed by atoms with van der Waals surface area (Å²) >= 11 is 0. The van der Waals surface area contributed by atoms with Gasteiger partial charge in [0.25, 0.3) is 0 Å². The van der Waals surface area contributed by atoms with E-state index in [1.54, 1.807) is 10.4 Å². The molecule has 10 heteroatoms. The number of rotatable bonds is 5. The molecule has 2 aromatic heterocycles. The van der Waals surface area contributed by atoms with E-state index in [0.717, 1.165) is 62.4 Å². The Morgan fingerprint density at radius 1 is 1.00 bits per heavy atom. The van der Waals surface area contributed by atoms with Crippen molar-refractivity contribution in [1.29, 1.82) is 0 Å². The molecule has 9 nitrogen and oxygen atoms in total. The lowest BCUT2D eigenvalue weighted by atomic mass is 10.3. The summed E-state index contributed by atoms with van der Waals surface area (Å²) in [6.07, 6.45) is 1.49. The fraction of sp³-hybridized carbons (Fsp3) is 0.600. The first-order chi connectivity index (χ1) is 14.3. The van der Waals surface area contributed by atoms with Crippen molar-refractivity contribution in [3.05, 3.63) is 35.7 Å². The molecular formula is C20H30N6O3S. The van der Waals surface area contributed by atoms with Gasteiger partial charge in [-0.3, -0.25) is 4.90 Å². The molecule has 4 rings (SSSR count). The van der Waals surface area contributed by atoms with Gasteiger partial charge in [-0.15, -0.1) is 0 Å². The number of hydrogen-bond acceptors (Lipinski definition) is 8. The summed E-state index contributed by atoms with van der Waals surface area (Å²) in [7, 11) is -1.47. The molecule has 0 bridgehead atoms. The second kappa shape index (κ2) is 8.62. The van der Waals surface area contributed by atoms with Crippen LogP contribution in [0.2, 0.25) is 0 Å². The molecule has 0 unspecified atom stereocenters. The molecule has 164 valence electrons. The van der Waals surface area contributed by atoms with Crippen LogP contribution < -0.4 is 4.90 Å². The third-order valence-corrected chi connectivity index (χ3v) is 7.83. The Hall–Kier alpha value is -2.01. The largest absolute Gasteiger partial charge is 0.444 e. The van der Waals surface area contributed by atoms with E-state index in [4.69, 9.17) is 4.42 Å². The number of pyridine rings is 1. The molecular weight excluding hydrogens is 404 g/mol. The second-order valence-electron chi connectivity index (χ2n) is 8.07. The van der Waals surface area contributed by atoms with E-state index < -0.39 is 10.0 Å². The van der Waals surface area contributed by atoms with Crippen LogP contribution in [0.1, 0.15) is 17.3 Å². The summed E-state index contributed by atoms with van der Waals surface area (Å²) < 4.78 is 32.9. The first kappa shape index (κ1) is 21.2. The molecule has 0 spiro atoms. The number of oxazole rings is 1. The monoisotopic (exact) mass is 434 g/mol. The number of aryl methyl sites for hydroxylation is 2. The number of piperazine rings is 2. The van der Waals surface area contributed by atoms with Crippen molar-refractivity contribution in [3.8, 4) is 0 Å². The van der Waals surface area contributed by atoms with Gasteiger partial charge in [-0.05, 0) is 33.0 Å². The van der Waals surface area contributed by atoms with Crippen molar-refractivity contribution in [2.24, 2.45) is 0 Å². The van der Waals surface area contributed by atoms with Crippen LogP contribution in [0.3, 0.4) is 0 Å². The van der Waals surface area contributed by atoms with Crippen LogP contribution >= 0.6 is 0 Å². The third kappa shape index (κ3) is 4.51. The predicted molar refractivity (Wildman–Crippen MR) is 114 cm³/mol.